The van der Waals surface area contributed by atoms with E-state index >= 15 is 0 Å². The van der Waals surface area contributed by atoms with Crippen molar-refractivity contribution in [1.82, 2.24) is 0 Å². The molecule has 26 heavy (non-hydrogen) atoms. The molecule has 0 bridgehead atoms. The second-order valence-corrected chi connectivity index (χ2v) is 9.95. The van der Waals surface area contributed by atoms with Crippen molar-refractivity contribution in [2.24, 2.45) is 5.73 Å². The van der Waals surface area contributed by atoms with Gasteiger partial charge < -0.3 is 19.3 Å². The van der Waals surface area contributed by atoms with Crippen LogP contribution in [0.4, 0.5) is 0 Å². The largest absolute Gasteiger partial charge is 0.393 e. The van der Waals surface area contributed by atoms with Crippen LogP contribution in [0.5, 0.6) is 5.75 Å². The molecule has 1 aliphatic heterocycles. The normalized spacial score (nSPS) is 21.7. The van der Waals surface area contributed by atoms with Gasteiger partial charge in [0.1, 0.15) is 5.22 Å². The van der Waals surface area contributed by atoms with E-state index in [1.807, 2.05) is 0 Å². The smallest absolute Gasteiger partial charge is 0.371 e. The van der Waals surface area contributed by atoms with Gasteiger partial charge in [-0.05, 0) is 57.4 Å². The first-order chi connectivity index (χ1) is 12.5. The Morgan fingerprint density at radius 1 is 1.00 bits per heavy atom. The number of nitrogens with two attached hydrogens (primary N) is 1. The van der Waals surface area contributed by atoms with E-state index in [9.17, 15) is 5.11 Å². The molecule has 6 heteroatoms. The van der Waals surface area contributed by atoms with E-state index in [-0.39, 0.29) is 11.0 Å². The predicted octanol–water partition coefficient (Wildman–Crippen LogP) is 4.70. The fraction of sp³-hybridized carbons (Fsp3) is 0.700. The standard InChI is InChI=1S/C13H28O3Si.C7H8NO/c1-5-13(14-6-2)11-9-10-12-17(13,15-7-3)16-8-4;8-5-6-1-3-7(9)4-2-6/h5-12H2,1-4H3;1-4H,5,8H2. The zero-order chi connectivity index (χ0) is 19.5. The van der Waals surface area contributed by atoms with E-state index in [1.165, 1.54) is 25.0 Å². The molecule has 2 N–H and O–H groups in total. The van der Waals surface area contributed by atoms with Crippen molar-refractivity contribution in [3.05, 3.63) is 29.8 Å². The van der Waals surface area contributed by atoms with Crippen molar-refractivity contribution < 1.29 is 18.7 Å². The van der Waals surface area contributed by atoms with Crippen LogP contribution in [0.1, 0.15) is 58.9 Å². The van der Waals surface area contributed by atoms with Crippen molar-refractivity contribution in [1.29, 1.82) is 0 Å². The summed E-state index contributed by atoms with van der Waals surface area (Å²) in [5.41, 5.74) is 6.29. The number of benzene rings is 1. The fourth-order valence-corrected chi connectivity index (χ4v) is 8.20. The maximum Gasteiger partial charge on any atom is 0.371 e. The van der Waals surface area contributed by atoms with Gasteiger partial charge in [-0.2, -0.15) is 0 Å². The van der Waals surface area contributed by atoms with E-state index in [1.54, 1.807) is 12.1 Å². The lowest BCUT2D eigenvalue weighted by Gasteiger charge is -2.49. The topological polar surface area (TPSA) is 73.6 Å². The van der Waals surface area contributed by atoms with Crippen molar-refractivity contribution in [2.45, 2.75) is 71.2 Å². The van der Waals surface area contributed by atoms with E-state index in [0.717, 1.165) is 44.3 Å². The number of ether oxygens (including phenoxy) is 1. The maximum atomic E-state index is 10.5. The highest BCUT2D eigenvalue weighted by molar-refractivity contribution is 6.70. The minimum absolute atomic E-state index is 0.0344. The van der Waals surface area contributed by atoms with E-state index < -0.39 is 8.56 Å². The summed E-state index contributed by atoms with van der Waals surface area (Å²) >= 11 is 0. The third kappa shape index (κ3) is 5.79. The Labute approximate surface area is 160 Å². The molecule has 149 valence electrons. The molecule has 2 rings (SSSR count). The van der Waals surface area contributed by atoms with Crippen LogP contribution < -0.4 is 5.73 Å². The molecule has 1 unspecified atom stereocenters. The molecule has 1 radical (unpaired) electrons. The van der Waals surface area contributed by atoms with Crippen LogP contribution in [0.3, 0.4) is 0 Å². The second kappa shape index (κ2) is 11.7. The third-order valence-electron chi connectivity index (χ3n) is 4.94. The minimum atomic E-state index is -2.21. The lowest BCUT2D eigenvalue weighted by molar-refractivity contribution is -0.0426. The summed E-state index contributed by atoms with van der Waals surface area (Å²) in [5.74, 6) is 0.0344. The molecule has 0 aromatic heterocycles. The Bertz CT molecular complexity index is 482. The zero-order valence-corrected chi connectivity index (χ0v) is 17.9. The average Bonchev–Trinajstić information content (AvgIpc) is 2.65. The van der Waals surface area contributed by atoms with Gasteiger partial charge in [-0.1, -0.05) is 31.9 Å². The van der Waals surface area contributed by atoms with Gasteiger partial charge in [-0.25, -0.2) is 0 Å². The molecule has 5 nitrogen and oxygen atoms in total. The first-order valence-corrected chi connectivity index (χ1v) is 11.9. The van der Waals surface area contributed by atoms with Crippen molar-refractivity contribution in [3.8, 4) is 5.75 Å². The van der Waals surface area contributed by atoms with Crippen LogP contribution in [-0.2, 0) is 25.2 Å². The average molecular weight is 383 g/mol. The Kier molecular flexibility index (Phi) is 10.4. The van der Waals surface area contributed by atoms with Crippen molar-refractivity contribution >= 4 is 8.56 Å². The Balaban J connectivity index is 0.000000314. The number of hydrogen-bond donors (Lipinski definition) is 1. The van der Waals surface area contributed by atoms with E-state index in [4.69, 9.17) is 19.3 Å². The first kappa shape index (κ1) is 23.1. The molecule has 1 aromatic rings. The molecule has 0 amide bonds. The Hall–Kier alpha value is -0.923. The highest BCUT2D eigenvalue weighted by atomic mass is 28.4. The molecule has 1 saturated heterocycles. The van der Waals surface area contributed by atoms with Gasteiger partial charge in [0.05, 0.1) is 0 Å². The summed E-state index contributed by atoms with van der Waals surface area (Å²) in [6.45, 7) is 11.1. The van der Waals surface area contributed by atoms with Crippen LogP contribution in [0.15, 0.2) is 24.3 Å². The van der Waals surface area contributed by atoms with Gasteiger partial charge in [0.25, 0.3) is 0 Å². The van der Waals surface area contributed by atoms with Gasteiger partial charge in [0.2, 0.25) is 0 Å². The quantitative estimate of drug-likeness (QED) is 0.661. The molecule has 1 fully saturated rings. The van der Waals surface area contributed by atoms with Gasteiger partial charge in [-0.15, -0.1) is 0 Å². The summed E-state index contributed by atoms with van der Waals surface area (Å²) in [6.07, 6.45) is 4.57. The molecule has 0 spiro atoms. The van der Waals surface area contributed by atoms with Crippen LogP contribution in [0.2, 0.25) is 6.04 Å². The highest BCUT2D eigenvalue weighted by Gasteiger charge is 2.58. The lowest BCUT2D eigenvalue weighted by atomic mass is 10.1. The molecule has 1 aliphatic rings. The van der Waals surface area contributed by atoms with Crippen molar-refractivity contribution in [2.75, 3.05) is 19.8 Å². The fourth-order valence-electron chi connectivity index (χ4n) is 3.73. The van der Waals surface area contributed by atoms with Crippen LogP contribution in [-0.4, -0.2) is 33.6 Å². The Morgan fingerprint density at radius 3 is 2.08 bits per heavy atom. The van der Waals surface area contributed by atoms with Crippen LogP contribution in [0.25, 0.3) is 0 Å². The predicted molar refractivity (Wildman–Crippen MR) is 107 cm³/mol. The van der Waals surface area contributed by atoms with Crippen molar-refractivity contribution in [3.63, 3.8) is 0 Å². The molecule has 1 aromatic carbocycles. The van der Waals surface area contributed by atoms with Crippen LogP contribution >= 0.6 is 0 Å². The number of rotatable bonds is 8. The minimum Gasteiger partial charge on any atom is -0.393 e. The summed E-state index contributed by atoms with van der Waals surface area (Å²) in [7, 11) is -2.21. The molecule has 1 atom stereocenters. The zero-order valence-electron chi connectivity index (χ0n) is 16.9. The lowest BCUT2D eigenvalue weighted by Crippen LogP contribution is -2.65. The number of hydrogen-bond acceptors (Lipinski definition) is 4. The van der Waals surface area contributed by atoms with Gasteiger partial charge >= 0.3 is 8.56 Å². The SMILES string of the molecule is CCOC1(CC)CCCC[Si]1(OCC)OCC.NCc1ccc([O])cc1. The molecule has 0 aliphatic carbocycles. The molecular formula is C20H36NO4Si. The van der Waals surface area contributed by atoms with Gasteiger partial charge in [0, 0.05) is 26.4 Å². The highest BCUT2D eigenvalue weighted by Crippen LogP contribution is 2.42. The third-order valence-corrected chi connectivity index (χ3v) is 9.59. The maximum absolute atomic E-state index is 10.5. The molecule has 0 saturated carbocycles. The first-order valence-electron chi connectivity index (χ1n) is 9.90. The van der Waals surface area contributed by atoms with Crippen LogP contribution in [0, 0.1) is 0 Å². The molecular weight excluding hydrogens is 346 g/mol. The summed E-state index contributed by atoms with van der Waals surface area (Å²) < 4.78 is 18.5. The van der Waals surface area contributed by atoms with Gasteiger partial charge in [-0.3, -0.25) is 5.11 Å². The van der Waals surface area contributed by atoms with E-state index in [0.29, 0.717) is 6.54 Å². The Morgan fingerprint density at radius 2 is 1.62 bits per heavy atom. The van der Waals surface area contributed by atoms with E-state index in [2.05, 4.69) is 27.7 Å². The summed E-state index contributed by atoms with van der Waals surface area (Å²) in [4.78, 5) is 0. The van der Waals surface area contributed by atoms with Gasteiger partial charge in [0.15, 0.2) is 5.75 Å². The summed E-state index contributed by atoms with van der Waals surface area (Å²) in [6, 6.07) is 7.59. The second-order valence-electron chi connectivity index (χ2n) is 6.45. The molecule has 1 heterocycles. The monoisotopic (exact) mass is 382 g/mol. The summed E-state index contributed by atoms with van der Waals surface area (Å²) in [5, 5.41) is 10.4.